The molecular formula is C33H40N4O7. The van der Waals surface area contributed by atoms with E-state index in [9.17, 15) is 24.6 Å². The minimum absolute atomic E-state index is 0.0821. The van der Waals surface area contributed by atoms with Gasteiger partial charge in [-0.25, -0.2) is 14.6 Å². The van der Waals surface area contributed by atoms with Crippen LogP contribution >= 0.6 is 0 Å². The Hall–Kier alpha value is -3.96. The number of rotatable bonds is 5. The van der Waals surface area contributed by atoms with Gasteiger partial charge in [0.05, 0.1) is 29.0 Å². The first-order valence-corrected chi connectivity index (χ1v) is 15.3. The van der Waals surface area contributed by atoms with Crippen LogP contribution in [0.2, 0.25) is 0 Å². The molecule has 1 atom stereocenters. The van der Waals surface area contributed by atoms with Crippen molar-refractivity contribution in [2.24, 2.45) is 5.92 Å². The third-order valence-electron chi connectivity index (χ3n) is 9.04. The zero-order chi connectivity index (χ0) is 31.6. The fourth-order valence-corrected chi connectivity index (χ4v) is 6.67. The molecule has 0 bridgehead atoms. The Kier molecular flexibility index (Phi) is 7.44. The van der Waals surface area contributed by atoms with Crippen molar-refractivity contribution in [3.63, 3.8) is 0 Å². The fourth-order valence-electron chi connectivity index (χ4n) is 6.67. The number of fused-ring (bicyclic) bond motifs is 5. The highest BCUT2D eigenvalue weighted by molar-refractivity contribution is 5.89. The molecule has 6 rings (SSSR count). The van der Waals surface area contributed by atoms with Crippen molar-refractivity contribution in [1.82, 2.24) is 19.4 Å². The van der Waals surface area contributed by atoms with Crippen molar-refractivity contribution in [2.75, 3.05) is 26.7 Å². The molecule has 1 amide bonds. The number of carbonyl (C=O) groups excluding carboxylic acids is 2. The van der Waals surface area contributed by atoms with Crippen LogP contribution in [0, 0.1) is 5.92 Å². The maximum Gasteiger partial charge on any atom is 0.410 e. The summed E-state index contributed by atoms with van der Waals surface area (Å²) in [5, 5.41) is 22.9. The molecule has 3 aliphatic rings. The zero-order valence-corrected chi connectivity index (χ0v) is 26.0. The smallest absolute Gasteiger partial charge is 0.410 e. The number of benzene rings is 1. The first kappa shape index (κ1) is 30.1. The van der Waals surface area contributed by atoms with E-state index in [1.54, 1.807) is 34.6 Å². The van der Waals surface area contributed by atoms with E-state index in [0.29, 0.717) is 49.0 Å². The Bertz CT molecular complexity index is 1720. The van der Waals surface area contributed by atoms with E-state index < -0.39 is 17.2 Å². The minimum Gasteiger partial charge on any atom is -0.508 e. The number of carbonyl (C=O) groups is 2. The number of piperidine rings is 1. The van der Waals surface area contributed by atoms with E-state index in [1.807, 2.05) is 33.9 Å². The normalized spacial score (nSPS) is 20.0. The van der Waals surface area contributed by atoms with Crippen molar-refractivity contribution in [3.05, 3.63) is 56.9 Å². The number of cyclic esters (lactones) is 1. The van der Waals surface area contributed by atoms with Gasteiger partial charge in [-0.05, 0) is 77.3 Å². The van der Waals surface area contributed by atoms with Crippen LogP contribution in [0.1, 0.15) is 69.2 Å². The van der Waals surface area contributed by atoms with Gasteiger partial charge < -0.3 is 34.1 Å². The van der Waals surface area contributed by atoms with Gasteiger partial charge in [-0.15, -0.1) is 0 Å². The second-order valence-corrected chi connectivity index (χ2v) is 13.3. The molecule has 0 spiro atoms. The van der Waals surface area contributed by atoms with Gasteiger partial charge in [-0.2, -0.15) is 0 Å². The number of hydrogen-bond acceptors (Lipinski definition) is 9. The van der Waals surface area contributed by atoms with E-state index >= 15 is 0 Å². The Labute approximate surface area is 256 Å². The maximum absolute atomic E-state index is 13.5. The number of pyridine rings is 2. The van der Waals surface area contributed by atoms with Crippen LogP contribution in [0.5, 0.6) is 5.75 Å². The summed E-state index contributed by atoms with van der Waals surface area (Å²) in [4.78, 5) is 47.3. The zero-order valence-electron chi connectivity index (χ0n) is 26.0. The van der Waals surface area contributed by atoms with Gasteiger partial charge in [-0.1, -0.05) is 6.92 Å². The minimum atomic E-state index is -1.88. The van der Waals surface area contributed by atoms with Crippen LogP contribution in [0.15, 0.2) is 29.1 Å². The van der Waals surface area contributed by atoms with Gasteiger partial charge in [0.25, 0.3) is 5.56 Å². The molecule has 2 N–H and O–H groups in total. The summed E-state index contributed by atoms with van der Waals surface area (Å²) in [5.74, 6) is -0.166. The first-order valence-electron chi connectivity index (χ1n) is 15.3. The molecule has 11 nitrogen and oxygen atoms in total. The Morgan fingerprint density at radius 2 is 1.93 bits per heavy atom. The number of aromatic hydroxyl groups is 1. The molecule has 0 aliphatic carbocycles. The fraction of sp³-hybridized carbons (Fsp3) is 0.515. The molecule has 11 heteroatoms. The predicted octanol–water partition coefficient (Wildman–Crippen LogP) is 3.86. The summed E-state index contributed by atoms with van der Waals surface area (Å²) >= 11 is 0. The molecule has 234 valence electrons. The number of ether oxygens (including phenoxy) is 2. The number of phenolic OH excluding ortho intramolecular Hbond substituents is 1. The van der Waals surface area contributed by atoms with Crippen LogP contribution in [0.4, 0.5) is 4.79 Å². The molecule has 3 aromatic rings. The summed E-state index contributed by atoms with van der Waals surface area (Å²) in [7, 11) is 2.03. The topological polar surface area (TPSA) is 134 Å². The molecule has 0 radical (unpaired) electrons. The van der Waals surface area contributed by atoms with Crippen LogP contribution in [-0.2, 0) is 39.6 Å². The van der Waals surface area contributed by atoms with Crippen molar-refractivity contribution in [1.29, 1.82) is 0 Å². The number of hydrogen-bond donors (Lipinski definition) is 2. The second kappa shape index (κ2) is 10.9. The lowest BCUT2D eigenvalue weighted by molar-refractivity contribution is -0.172. The van der Waals surface area contributed by atoms with Crippen molar-refractivity contribution in [2.45, 2.75) is 77.9 Å². The van der Waals surface area contributed by atoms with Gasteiger partial charge in [0.1, 0.15) is 18.0 Å². The molecule has 1 aromatic carbocycles. The lowest BCUT2D eigenvalue weighted by Crippen LogP contribution is -2.44. The molecule has 1 saturated heterocycles. The molecule has 44 heavy (non-hydrogen) atoms. The first-order chi connectivity index (χ1) is 20.8. The number of nitrogens with zero attached hydrogens (tertiary/aromatic N) is 4. The number of phenols is 1. The number of likely N-dealkylation sites (tertiary alicyclic amines) is 1. The average molecular weight is 605 g/mol. The highest BCUT2D eigenvalue weighted by Crippen LogP contribution is 2.40. The second-order valence-electron chi connectivity index (χ2n) is 13.3. The third-order valence-corrected chi connectivity index (χ3v) is 9.04. The molecular weight excluding hydrogens is 564 g/mol. The van der Waals surface area contributed by atoms with Gasteiger partial charge in [0.15, 0.2) is 5.60 Å². The number of amides is 1. The largest absolute Gasteiger partial charge is 0.508 e. The summed E-state index contributed by atoms with van der Waals surface area (Å²) in [5.41, 5.74) is 1.31. The summed E-state index contributed by atoms with van der Waals surface area (Å²) in [6, 6.07) is 7.10. The van der Waals surface area contributed by atoms with E-state index in [4.69, 9.17) is 14.5 Å². The van der Waals surface area contributed by atoms with Gasteiger partial charge in [0, 0.05) is 48.3 Å². The maximum atomic E-state index is 13.5. The van der Waals surface area contributed by atoms with Crippen molar-refractivity contribution in [3.8, 4) is 17.1 Å². The lowest BCUT2D eigenvalue weighted by atomic mass is 9.86. The quantitative estimate of drug-likeness (QED) is 0.326. The van der Waals surface area contributed by atoms with Crippen molar-refractivity contribution >= 4 is 23.0 Å². The summed E-state index contributed by atoms with van der Waals surface area (Å²) < 4.78 is 12.3. The Morgan fingerprint density at radius 3 is 2.61 bits per heavy atom. The molecule has 2 aromatic heterocycles. The molecule has 1 fully saturated rings. The number of aromatic nitrogens is 2. The predicted molar refractivity (Wildman–Crippen MR) is 163 cm³/mol. The number of esters is 1. The van der Waals surface area contributed by atoms with E-state index in [-0.39, 0.29) is 41.6 Å². The van der Waals surface area contributed by atoms with Crippen molar-refractivity contribution < 1.29 is 29.3 Å². The van der Waals surface area contributed by atoms with E-state index in [1.165, 1.54) is 0 Å². The van der Waals surface area contributed by atoms with E-state index in [0.717, 1.165) is 35.9 Å². The number of aliphatic hydroxyl groups is 1. The standard InChI is InChI=1S/C33H40N4O7/c1-6-33(42)24-14-26-28-20(16-37(26)29(39)23(24)18-43-30(33)40)13-21-22(27(38)8-7-25(21)34-28)17-35(5)15-19-9-11-36(12-10-19)31(41)44-32(2,3)4/h7-8,13-14,19,38,42H,6,9-12,15-18H2,1-5H3. The van der Waals surface area contributed by atoms with Crippen LogP contribution < -0.4 is 5.56 Å². The monoisotopic (exact) mass is 604 g/mol. The molecule has 0 saturated carbocycles. The highest BCUT2D eigenvalue weighted by atomic mass is 16.6. The summed E-state index contributed by atoms with van der Waals surface area (Å²) in [6.45, 7) is 10.0. The third kappa shape index (κ3) is 5.21. The summed E-state index contributed by atoms with van der Waals surface area (Å²) in [6.07, 6.45) is 1.57. The SMILES string of the molecule is CCC1(O)C(=O)OCc2c1cc1n(c2=O)Cc2cc3c(CN(C)CC4CCN(C(=O)OC(C)(C)C)CC4)c(O)ccc3nc2-1. The molecule has 3 aliphatic heterocycles. The van der Waals surface area contributed by atoms with E-state index in [2.05, 4.69) is 4.90 Å². The van der Waals surface area contributed by atoms with Crippen LogP contribution in [0.25, 0.3) is 22.3 Å². The highest BCUT2D eigenvalue weighted by Gasteiger charge is 2.45. The van der Waals surface area contributed by atoms with Gasteiger partial charge in [-0.3, -0.25) is 4.79 Å². The van der Waals surface area contributed by atoms with Gasteiger partial charge in [0.2, 0.25) is 0 Å². The van der Waals surface area contributed by atoms with Crippen LogP contribution in [0.3, 0.4) is 0 Å². The molecule has 1 unspecified atom stereocenters. The Morgan fingerprint density at radius 1 is 1.20 bits per heavy atom. The Balaban J connectivity index is 1.23. The molecule has 5 heterocycles. The van der Waals surface area contributed by atoms with Crippen LogP contribution in [-0.4, -0.2) is 73.9 Å². The lowest BCUT2D eigenvalue weighted by Gasteiger charge is -2.35. The van der Waals surface area contributed by atoms with Gasteiger partial charge >= 0.3 is 12.1 Å². The average Bonchev–Trinajstić information content (AvgIpc) is 3.33.